The number of carbonyl (C=O) groups excluding carboxylic acids is 6. The Balaban J connectivity index is 1.77. The van der Waals surface area contributed by atoms with Gasteiger partial charge in [0.2, 0.25) is 11.8 Å². The maximum atomic E-state index is 13.4. The van der Waals surface area contributed by atoms with E-state index in [9.17, 15) is 33.9 Å². The molecule has 0 aliphatic heterocycles. The van der Waals surface area contributed by atoms with Crippen molar-refractivity contribution >= 4 is 41.6 Å². The summed E-state index contributed by atoms with van der Waals surface area (Å²) in [6, 6.07) is 12.1. The largest absolute Gasteiger partial charge is 0.445 e. The number of hydrogen-bond acceptors (Lipinski definition) is 12. The number of nitrogens with one attached hydrogen (secondary N) is 6. The Morgan fingerprint density at radius 2 is 1.29 bits per heavy atom. The van der Waals surface area contributed by atoms with E-state index in [1.165, 1.54) is 24.3 Å². The third kappa shape index (κ3) is 22.3. The minimum absolute atomic E-state index is 0.00324. The van der Waals surface area contributed by atoms with Crippen LogP contribution in [0.5, 0.6) is 0 Å². The second kappa shape index (κ2) is 27.2. The lowest BCUT2D eigenvalue weighted by Crippen LogP contribution is -2.54. The first kappa shape index (κ1) is 49.6. The molecule has 19 heteroatoms. The Labute approximate surface area is 345 Å². The molecule has 0 radical (unpaired) electrons. The highest BCUT2D eigenvalue weighted by Crippen LogP contribution is 2.17. The number of primary amides is 1. The van der Waals surface area contributed by atoms with Crippen molar-refractivity contribution in [2.45, 2.75) is 77.9 Å². The zero-order valence-electron chi connectivity index (χ0n) is 34.5. The summed E-state index contributed by atoms with van der Waals surface area (Å²) in [7, 11) is 0. The van der Waals surface area contributed by atoms with E-state index < -0.39 is 59.7 Å². The molecule has 19 nitrogen and oxygen atoms in total. The van der Waals surface area contributed by atoms with Crippen molar-refractivity contribution in [3.63, 3.8) is 0 Å². The second-order valence-electron chi connectivity index (χ2n) is 14.5. The number of anilines is 1. The van der Waals surface area contributed by atoms with Crippen molar-refractivity contribution in [3.05, 3.63) is 65.7 Å². The Morgan fingerprint density at radius 3 is 1.86 bits per heavy atom. The lowest BCUT2D eigenvalue weighted by Gasteiger charge is -2.25. The van der Waals surface area contributed by atoms with Gasteiger partial charge in [-0.2, -0.15) is 0 Å². The van der Waals surface area contributed by atoms with Crippen LogP contribution in [0.3, 0.4) is 0 Å². The van der Waals surface area contributed by atoms with Crippen molar-refractivity contribution in [1.29, 1.82) is 0 Å². The highest BCUT2D eigenvalue weighted by atomic mass is 16.6. The topological polar surface area (TPSA) is 267 Å². The highest BCUT2D eigenvalue weighted by Gasteiger charge is 2.29. The molecule has 9 N–H and O–H groups in total. The third-order valence-electron chi connectivity index (χ3n) is 7.98. The predicted molar refractivity (Wildman–Crippen MR) is 217 cm³/mol. The van der Waals surface area contributed by atoms with Gasteiger partial charge in [-0.1, -0.05) is 56.3 Å². The monoisotopic (exact) mass is 831 g/mol. The van der Waals surface area contributed by atoms with E-state index in [2.05, 4.69) is 31.9 Å². The van der Waals surface area contributed by atoms with Crippen molar-refractivity contribution in [1.82, 2.24) is 26.6 Å². The van der Waals surface area contributed by atoms with Crippen LogP contribution in [0.15, 0.2) is 54.6 Å². The molecule has 0 spiro atoms. The molecule has 59 heavy (non-hydrogen) atoms. The number of hydrogen-bond donors (Lipinski definition) is 8. The predicted octanol–water partition coefficient (Wildman–Crippen LogP) is 2.23. The minimum atomic E-state index is -1.49. The number of carbonyl (C=O) groups is 6. The van der Waals surface area contributed by atoms with E-state index in [0.29, 0.717) is 38.7 Å². The van der Waals surface area contributed by atoms with Crippen LogP contribution >= 0.6 is 0 Å². The quantitative estimate of drug-likeness (QED) is 0.0635. The van der Waals surface area contributed by atoms with E-state index in [4.69, 9.17) is 29.4 Å². The van der Waals surface area contributed by atoms with Gasteiger partial charge >= 0.3 is 18.2 Å². The Hall–Kier alpha value is -5.50. The molecule has 0 bridgehead atoms. The summed E-state index contributed by atoms with van der Waals surface area (Å²) < 4.78 is 26.7. The molecule has 7 amide bonds. The molecule has 0 saturated carbocycles. The summed E-state index contributed by atoms with van der Waals surface area (Å²) in [5, 5.41) is 26.2. The maximum absolute atomic E-state index is 13.4. The number of rotatable bonds is 26. The number of urea groups is 1. The van der Waals surface area contributed by atoms with Gasteiger partial charge in [-0.05, 0) is 62.8 Å². The number of aliphatic hydroxyl groups is 1. The Bertz CT molecular complexity index is 1590. The third-order valence-corrected chi connectivity index (χ3v) is 7.98. The van der Waals surface area contributed by atoms with Crippen LogP contribution in [-0.4, -0.2) is 118 Å². The molecule has 328 valence electrons. The highest BCUT2D eigenvalue weighted by molar-refractivity contribution is 5.98. The number of ether oxygens (including phenoxy) is 5. The molecule has 0 aliphatic carbocycles. The molecule has 0 heterocycles. The lowest BCUT2D eigenvalue weighted by molar-refractivity contribution is -0.130. The molecule has 0 saturated heterocycles. The number of amides is 7. The molecule has 0 aliphatic rings. The molecule has 3 unspecified atom stereocenters. The summed E-state index contributed by atoms with van der Waals surface area (Å²) in [5.41, 5.74) is 5.94. The van der Waals surface area contributed by atoms with Gasteiger partial charge in [-0.3, -0.25) is 14.4 Å². The van der Waals surface area contributed by atoms with E-state index in [1.54, 1.807) is 46.8 Å². The van der Waals surface area contributed by atoms with Crippen LogP contribution < -0.4 is 37.6 Å². The van der Waals surface area contributed by atoms with Crippen LogP contribution in [0.4, 0.5) is 20.1 Å². The van der Waals surface area contributed by atoms with Crippen LogP contribution in [0.1, 0.15) is 64.7 Å². The molecular weight excluding hydrogens is 770 g/mol. The Morgan fingerprint density at radius 1 is 0.695 bits per heavy atom. The van der Waals surface area contributed by atoms with E-state index in [0.717, 1.165) is 5.56 Å². The van der Waals surface area contributed by atoms with E-state index in [-0.39, 0.29) is 57.2 Å². The molecule has 3 atom stereocenters. The van der Waals surface area contributed by atoms with Crippen LogP contribution in [0.2, 0.25) is 0 Å². The van der Waals surface area contributed by atoms with Gasteiger partial charge in [0.1, 0.15) is 24.3 Å². The van der Waals surface area contributed by atoms with Gasteiger partial charge < -0.3 is 66.4 Å². The van der Waals surface area contributed by atoms with Crippen LogP contribution in [0, 0.1) is 5.92 Å². The molecule has 0 fully saturated rings. The van der Waals surface area contributed by atoms with Gasteiger partial charge in [-0.25, -0.2) is 14.4 Å². The molecule has 0 aromatic heterocycles. The van der Waals surface area contributed by atoms with Crippen molar-refractivity contribution < 1.29 is 57.6 Å². The van der Waals surface area contributed by atoms with Gasteiger partial charge in [-0.15, -0.1) is 0 Å². The fourth-order valence-electron chi connectivity index (χ4n) is 5.03. The number of benzene rings is 2. The molecule has 2 aromatic rings. The number of alkyl carbamates (subject to hydrolysis) is 2. The van der Waals surface area contributed by atoms with Gasteiger partial charge in [0.05, 0.1) is 39.6 Å². The van der Waals surface area contributed by atoms with Crippen molar-refractivity contribution in [3.8, 4) is 0 Å². The molecule has 2 rings (SSSR count). The zero-order chi connectivity index (χ0) is 43.6. The fourth-order valence-corrected chi connectivity index (χ4v) is 5.03. The van der Waals surface area contributed by atoms with Gasteiger partial charge in [0, 0.05) is 25.3 Å². The first-order valence-corrected chi connectivity index (χ1v) is 19.4. The van der Waals surface area contributed by atoms with Gasteiger partial charge in [0.25, 0.3) is 5.91 Å². The number of nitrogens with two attached hydrogens (primary N) is 1. The van der Waals surface area contributed by atoms with E-state index in [1.807, 2.05) is 18.2 Å². The molecule has 2 aromatic carbocycles. The average Bonchev–Trinajstić information content (AvgIpc) is 3.18. The van der Waals surface area contributed by atoms with Crippen molar-refractivity contribution in [2.24, 2.45) is 11.7 Å². The summed E-state index contributed by atoms with van der Waals surface area (Å²) in [6.45, 7) is 11.1. The smallest absolute Gasteiger partial charge is 0.408 e. The summed E-state index contributed by atoms with van der Waals surface area (Å²) in [4.78, 5) is 74.6. The summed E-state index contributed by atoms with van der Waals surface area (Å²) in [5.74, 6) is -2.22. The first-order valence-electron chi connectivity index (χ1n) is 19.4. The summed E-state index contributed by atoms with van der Waals surface area (Å²) >= 11 is 0. The zero-order valence-corrected chi connectivity index (χ0v) is 34.5. The van der Waals surface area contributed by atoms with Crippen LogP contribution in [-0.2, 0) is 44.7 Å². The minimum Gasteiger partial charge on any atom is -0.445 e. The molecular formula is C40H61N7O12. The first-order chi connectivity index (χ1) is 28.1. The lowest BCUT2D eigenvalue weighted by atomic mass is 10.0. The van der Waals surface area contributed by atoms with Gasteiger partial charge in [0.15, 0.2) is 6.10 Å². The summed E-state index contributed by atoms with van der Waals surface area (Å²) in [6.07, 6.45) is -2.41. The standard InChI is InChI=1S/C40H61N7O12/c1-27(2)32(47-39(54)58-26-28-10-7-6-8-11-28)35(50)46-31(12-9-17-43-37(41)52)34(49)45-30-15-13-29(14-16-30)33(48)36(51)42-18-20-55-22-24-57-25-23-56-21-19-44-38(53)59-40(3,4)5/h6-8,10-11,13-16,27,31-33,48H,9,12,17-26H2,1-5H3,(H,42,51)(H,44,53)(H,45,49)(H,46,50)(H,47,54)(H3,41,43,52). The maximum Gasteiger partial charge on any atom is 0.408 e. The number of aliphatic hydroxyl groups excluding tert-OH is 1. The van der Waals surface area contributed by atoms with Crippen LogP contribution in [0.25, 0.3) is 0 Å². The normalized spacial score (nSPS) is 12.7. The average molecular weight is 832 g/mol. The van der Waals surface area contributed by atoms with Crippen molar-refractivity contribution in [2.75, 3.05) is 64.6 Å². The Kier molecular flexibility index (Phi) is 22.9. The second-order valence-corrected chi connectivity index (χ2v) is 14.5. The SMILES string of the molecule is CC(C)C(NC(=O)OCc1ccccc1)C(=O)NC(CCCNC(N)=O)C(=O)Nc1ccc(C(O)C(=O)NCCOCCOCCOCCNC(=O)OC(C)(C)C)cc1. The fraction of sp³-hybridized carbons (Fsp3) is 0.550. The van der Waals surface area contributed by atoms with E-state index >= 15 is 0 Å².